The summed E-state index contributed by atoms with van der Waals surface area (Å²) in [6.45, 7) is -0.517. The van der Waals surface area contributed by atoms with Crippen LogP contribution in [0.5, 0.6) is 17.2 Å². The Morgan fingerprint density at radius 2 is 1.71 bits per heavy atom. The second-order valence-electron chi connectivity index (χ2n) is 9.69. The van der Waals surface area contributed by atoms with Crippen LogP contribution >= 0.6 is 23.4 Å². The maximum Gasteiger partial charge on any atom is 0.416 e. The number of alkyl halides is 3. The third kappa shape index (κ3) is 7.02. The van der Waals surface area contributed by atoms with Gasteiger partial charge in [-0.25, -0.2) is 0 Å². The molecule has 8 nitrogen and oxygen atoms in total. The van der Waals surface area contributed by atoms with Crippen molar-refractivity contribution in [3.8, 4) is 17.2 Å². The van der Waals surface area contributed by atoms with Crippen molar-refractivity contribution in [2.24, 2.45) is 0 Å². The van der Waals surface area contributed by atoms with Gasteiger partial charge in [-0.2, -0.15) is 13.2 Å². The molecule has 0 atom stereocenters. The fraction of sp³-hybridized carbons (Fsp3) is 0.156. The number of rotatable bonds is 9. The minimum absolute atomic E-state index is 0.00647. The highest BCUT2D eigenvalue weighted by Crippen LogP contribution is 2.40. The number of thioether (sulfide) groups is 1. The highest BCUT2D eigenvalue weighted by molar-refractivity contribution is 8.18. The maximum atomic E-state index is 13.2. The van der Waals surface area contributed by atoms with Crippen LogP contribution in [-0.2, 0) is 22.4 Å². The molecule has 1 N–H and O–H groups in total. The van der Waals surface area contributed by atoms with Gasteiger partial charge >= 0.3 is 6.18 Å². The first kappa shape index (κ1) is 31.7. The van der Waals surface area contributed by atoms with Gasteiger partial charge in [0.1, 0.15) is 18.9 Å². The van der Waals surface area contributed by atoms with E-state index in [0.717, 1.165) is 28.5 Å². The molecule has 0 radical (unpaired) electrons. The SMILES string of the molecule is COc1ccc(C(F)(F)F)cc1NC(=O)CN1C(=O)S/C(=C\c2cc(Cl)c(OCc3cccc4ccccc34)c(OC)c2)C1=O. The molecule has 13 heteroatoms. The second kappa shape index (κ2) is 13.1. The van der Waals surface area contributed by atoms with Gasteiger partial charge < -0.3 is 19.5 Å². The smallest absolute Gasteiger partial charge is 0.416 e. The molecule has 0 spiro atoms. The van der Waals surface area contributed by atoms with E-state index >= 15 is 0 Å². The molecule has 1 heterocycles. The maximum absolute atomic E-state index is 13.2. The van der Waals surface area contributed by atoms with Gasteiger partial charge in [0.15, 0.2) is 11.5 Å². The van der Waals surface area contributed by atoms with Crippen molar-refractivity contribution in [3.63, 3.8) is 0 Å². The Morgan fingerprint density at radius 1 is 0.978 bits per heavy atom. The van der Waals surface area contributed by atoms with Gasteiger partial charge in [-0.1, -0.05) is 54.1 Å². The summed E-state index contributed by atoms with van der Waals surface area (Å²) in [5, 5.41) is 3.85. The average molecular weight is 657 g/mol. The zero-order valence-electron chi connectivity index (χ0n) is 23.7. The van der Waals surface area contributed by atoms with E-state index in [4.69, 9.17) is 25.8 Å². The van der Waals surface area contributed by atoms with Crippen molar-refractivity contribution in [2.75, 3.05) is 26.1 Å². The molecule has 0 bridgehead atoms. The van der Waals surface area contributed by atoms with Gasteiger partial charge in [0.25, 0.3) is 11.1 Å². The van der Waals surface area contributed by atoms with Crippen LogP contribution in [0.2, 0.25) is 5.02 Å². The molecule has 0 unspecified atom stereocenters. The first-order valence-corrected chi connectivity index (χ1v) is 14.5. The number of ether oxygens (including phenoxy) is 3. The number of imide groups is 1. The van der Waals surface area contributed by atoms with Crippen molar-refractivity contribution in [1.29, 1.82) is 0 Å². The molecular formula is C32H24ClF3N2O6S. The van der Waals surface area contributed by atoms with Crippen LogP contribution in [0.25, 0.3) is 16.8 Å². The van der Waals surface area contributed by atoms with E-state index in [1.807, 2.05) is 42.5 Å². The number of benzene rings is 4. The molecule has 0 aliphatic carbocycles. The summed E-state index contributed by atoms with van der Waals surface area (Å²) in [7, 11) is 2.66. The number of amides is 3. The minimum Gasteiger partial charge on any atom is -0.495 e. The molecule has 232 valence electrons. The Labute approximate surface area is 264 Å². The number of anilines is 1. The summed E-state index contributed by atoms with van der Waals surface area (Å²) in [4.78, 5) is 39.1. The number of nitrogens with zero attached hydrogens (tertiary/aromatic N) is 1. The summed E-state index contributed by atoms with van der Waals surface area (Å²) in [5.74, 6) is -1.10. The summed E-state index contributed by atoms with van der Waals surface area (Å²) in [5.41, 5.74) is 0.105. The average Bonchev–Trinajstić information content (AvgIpc) is 3.26. The van der Waals surface area contributed by atoms with Crippen molar-refractivity contribution in [2.45, 2.75) is 12.8 Å². The lowest BCUT2D eigenvalue weighted by Gasteiger charge is -2.16. The van der Waals surface area contributed by atoms with Gasteiger partial charge in [-0.15, -0.1) is 0 Å². The van der Waals surface area contributed by atoms with E-state index in [9.17, 15) is 27.6 Å². The van der Waals surface area contributed by atoms with Crippen molar-refractivity contribution < 1.29 is 41.8 Å². The monoisotopic (exact) mass is 656 g/mol. The van der Waals surface area contributed by atoms with Crippen LogP contribution in [-0.4, -0.2) is 42.7 Å². The summed E-state index contributed by atoms with van der Waals surface area (Å²) in [6, 6.07) is 19.5. The third-order valence-corrected chi connectivity index (χ3v) is 7.97. The Hall–Kier alpha value is -4.68. The van der Waals surface area contributed by atoms with Crippen LogP contribution in [0.3, 0.4) is 0 Å². The molecule has 3 amide bonds. The molecule has 4 aromatic carbocycles. The van der Waals surface area contributed by atoms with Gasteiger partial charge in [0.05, 0.1) is 35.4 Å². The highest BCUT2D eigenvalue weighted by Gasteiger charge is 2.37. The highest BCUT2D eigenvalue weighted by atomic mass is 35.5. The lowest BCUT2D eigenvalue weighted by molar-refractivity contribution is -0.137. The predicted molar refractivity (Wildman–Crippen MR) is 166 cm³/mol. The minimum atomic E-state index is -4.66. The predicted octanol–water partition coefficient (Wildman–Crippen LogP) is 7.78. The first-order valence-electron chi connectivity index (χ1n) is 13.3. The van der Waals surface area contributed by atoms with Crippen molar-refractivity contribution in [1.82, 2.24) is 4.90 Å². The molecule has 0 saturated carbocycles. The second-order valence-corrected chi connectivity index (χ2v) is 11.1. The Balaban J connectivity index is 1.30. The number of hydrogen-bond donors (Lipinski definition) is 1. The number of hydrogen-bond acceptors (Lipinski definition) is 7. The number of fused-ring (bicyclic) bond motifs is 1. The first-order chi connectivity index (χ1) is 21.5. The number of methoxy groups -OCH3 is 2. The van der Waals surface area contributed by atoms with E-state index in [0.29, 0.717) is 39.8 Å². The molecule has 1 saturated heterocycles. The topological polar surface area (TPSA) is 94.2 Å². The number of carbonyl (C=O) groups excluding carboxylic acids is 3. The largest absolute Gasteiger partial charge is 0.495 e. The van der Waals surface area contributed by atoms with E-state index in [1.165, 1.54) is 20.3 Å². The Bertz CT molecular complexity index is 1840. The van der Waals surface area contributed by atoms with Crippen LogP contribution < -0.4 is 19.5 Å². The zero-order valence-corrected chi connectivity index (χ0v) is 25.3. The molecule has 45 heavy (non-hydrogen) atoms. The van der Waals surface area contributed by atoms with Crippen LogP contribution in [0, 0.1) is 0 Å². The molecule has 5 rings (SSSR count). The zero-order chi connectivity index (χ0) is 32.3. The van der Waals surface area contributed by atoms with Gasteiger partial charge in [0, 0.05) is 0 Å². The molecule has 4 aromatic rings. The fourth-order valence-corrected chi connectivity index (χ4v) is 5.75. The van der Waals surface area contributed by atoms with Gasteiger partial charge in [-0.05, 0) is 70.1 Å². The standard InChI is InChI=1S/C32H24ClF3N2O6S/c1-42-25-11-10-21(32(34,35)36)15-24(25)37-28(39)16-38-30(40)27(45-31(38)41)14-18-12-23(33)29(26(13-18)43-2)44-17-20-8-5-7-19-6-3-4-9-22(19)20/h3-15H,16-17H2,1-2H3,(H,37,39)/b27-14-. The Kier molecular flexibility index (Phi) is 9.26. The summed E-state index contributed by atoms with van der Waals surface area (Å²) < 4.78 is 56.1. The van der Waals surface area contributed by atoms with E-state index in [2.05, 4.69) is 5.32 Å². The van der Waals surface area contributed by atoms with Crippen LogP contribution in [0.4, 0.5) is 23.7 Å². The molecule has 0 aromatic heterocycles. The Morgan fingerprint density at radius 3 is 2.44 bits per heavy atom. The molecule has 1 aliphatic rings. The van der Waals surface area contributed by atoms with E-state index in [1.54, 1.807) is 12.1 Å². The quantitative estimate of drug-likeness (QED) is 0.184. The molecule has 1 aliphatic heterocycles. The third-order valence-electron chi connectivity index (χ3n) is 6.78. The summed E-state index contributed by atoms with van der Waals surface area (Å²) >= 11 is 7.15. The van der Waals surface area contributed by atoms with Gasteiger partial charge in [0.2, 0.25) is 5.91 Å². The lowest BCUT2D eigenvalue weighted by Crippen LogP contribution is -2.36. The molecular weight excluding hydrogens is 633 g/mol. The normalized spacial score (nSPS) is 14.3. The van der Waals surface area contributed by atoms with E-state index in [-0.39, 0.29) is 28.0 Å². The number of carbonyl (C=O) groups is 3. The van der Waals surface area contributed by atoms with Crippen molar-refractivity contribution >= 4 is 63.0 Å². The van der Waals surface area contributed by atoms with E-state index < -0.39 is 35.3 Å². The molecule has 1 fully saturated rings. The number of halogens is 4. The number of nitrogens with one attached hydrogen (secondary N) is 1. The summed E-state index contributed by atoms with van der Waals surface area (Å²) in [6.07, 6.45) is -3.24. The van der Waals surface area contributed by atoms with Crippen LogP contribution in [0.1, 0.15) is 16.7 Å². The lowest BCUT2D eigenvalue weighted by atomic mass is 10.1. The van der Waals surface area contributed by atoms with Crippen molar-refractivity contribution in [3.05, 3.63) is 99.4 Å². The van der Waals surface area contributed by atoms with Crippen LogP contribution in [0.15, 0.2) is 77.7 Å². The fourth-order valence-electron chi connectivity index (χ4n) is 4.63. The van der Waals surface area contributed by atoms with Gasteiger partial charge in [-0.3, -0.25) is 19.3 Å².